The highest BCUT2D eigenvalue weighted by Crippen LogP contribution is 2.40. The van der Waals surface area contributed by atoms with Crippen molar-refractivity contribution in [2.24, 2.45) is 0 Å². The summed E-state index contributed by atoms with van der Waals surface area (Å²) in [5, 5.41) is 11.2. The van der Waals surface area contributed by atoms with E-state index in [2.05, 4.69) is 0 Å². The van der Waals surface area contributed by atoms with Gasteiger partial charge in [-0.05, 0) is 72.1 Å². The summed E-state index contributed by atoms with van der Waals surface area (Å²) in [7, 11) is 0. The van der Waals surface area contributed by atoms with Crippen molar-refractivity contribution in [2.75, 3.05) is 0 Å². The smallest absolute Gasteiger partial charge is 0.296 e. The number of ether oxygens (including phenoxy) is 1. The minimum absolute atomic E-state index is 0.0159. The molecule has 1 saturated heterocycles. The molecule has 1 aliphatic rings. The number of hydrogen-bond acceptors (Lipinski definition) is 5. The molecule has 1 N–H and O–H groups in total. The Hall–Kier alpha value is -4.65. The third-order valence-electron chi connectivity index (χ3n) is 6.42. The highest BCUT2D eigenvalue weighted by molar-refractivity contribution is 6.46. The van der Waals surface area contributed by atoms with Crippen LogP contribution in [0.4, 0.5) is 4.39 Å². The van der Waals surface area contributed by atoms with E-state index in [1.807, 2.05) is 31.2 Å². The normalized spacial score (nSPS) is 16.8. The third-order valence-corrected chi connectivity index (χ3v) is 6.42. The number of Topliss-reactive ketones (excluding diaryl/α,β-unsaturated/α-hetero) is 1. The van der Waals surface area contributed by atoms with Crippen molar-refractivity contribution in [1.29, 1.82) is 0 Å². The molecule has 3 aromatic carbocycles. The van der Waals surface area contributed by atoms with Crippen LogP contribution in [0.25, 0.3) is 5.76 Å². The Bertz CT molecular complexity index is 1460. The molecule has 37 heavy (non-hydrogen) atoms. The van der Waals surface area contributed by atoms with Gasteiger partial charge in [-0.2, -0.15) is 0 Å². The number of carbonyl (C=O) groups excluding carboxylic acids is 2. The molecule has 1 aromatic heterocycles. The Morgan fingerprint density at radius 2 is 1.70 bits per heavy atom. The molecular weight excluding hydrogens is 473 g/mol. The molecular formula is C30H24FNO5. The molecule has 0 radical (unpaired) electrons. The van der Waals surface area contributed by atoms with Gasteiger partial charge in [0.15, 0.2) is 0 Å². The number of halogens is 1. The minimum Gasteiger partial charge on any atom is -0.507 e. The molecule has 0 spiro atoms. The number of aryl methyl sites for hydroxylation is 1. The van der Waals surface area contributed by atoms with E-state index >= 15 is 0 Å². The largest absolute Gasteiger partial charge is 0.507 e. The fourth-order valence-corrected chi connectivity index (χ4v) is 4.40. The maximum Gasteiger partial charge on any atom is 0.296 e. The van der Waals surface area contributed by atoms with Crippen molar-refractivity contribution in [3.05, 3.63) is 131 Å². The second-order valence-electron chi connectivity index (χ2n) is 8.80. The van der Waals surface area contributed by atoms with E-state index < -0.39 is 23.5 Å². The molecule has 7 heteroatoms. The van der Waals surface area contributed by atoms with Crippen LogP contribution < -0.4 is 4.74 Å². The average molecular weight is 498 g/mol. The van der Waals surface area contributed by atoms with Crippen molar-refractivity contribution < 1.29 is 28.2 Å². The van der Waals surface area contributed by atoms with Gasteiger partial charge >= 0.3 is 0 Å². The van der Waals surface area contributed by atoms with Crippen LogP contribution in [0.2, 0.25) is 0 Å². The van der Waals surface area contributed by atoms with E-state index in [1.54, 1.807) is 36.4 Å². The van der Waals surface area contributed by atoms with Crippen LogP contribution in [-0.4, -0.2) is 21.7 Å². The number of nitrogens with zero attached hydrogens (tertiary/aromatic N) is 1. The molecule has 0 bridgehead atoms. The summed E-state index contributed by atoms with van der Waals surface area (Å²) in [5.41, 5.74) is 2.96. The highest BCUT2D eigenvalue weighted by Gasteiger charge is 2.46. The van der Waals surface area contributed by atoms with E-state index in [0.717, 1.165) is 11.1 Å². The first-order valence-electron chi connectivity index (χ1n) is 11.8. The van der Waals surface area contributed by atoms with Crippen molar-refractivity contribution in [3.8, 4) is 5.75 Å². The second-order valence-corrected chi connectivity index (χ2v) is 8.80. The van der Waals surface area contributed by atoms with Crippen LogP contribution in [0.5, 0.6) is 5.75 Å². The predicted octanol–water partition coefficient (Wildman–Crippen LogP) is 5.93. The minimum atomic E-state index is -0.914. The number of amides is 1. The van der Waals surface area contributed by atoms with E-state index in [1.165, 1.54) is 35.4 Å². The first-order valence-corrected chi connectivity index (χ1v) is 11.8. The monoisotopic (exact) mass is 497 g/mol. The van der Waals surface area contributed by atoms with Gasteiger partial charge in [0.2, 0.25) is 0 Å². The Morgan fingerprint density at radius 3 is 2.38 bits per heavy atom. The predicted molar refractivity (Wildman–Crippen MR) is 135 cm³/mol. The fraction of sp³-hybridized carbons (Fsp3) is 0.133. The van der Waals surface area contributed by atoms with Gasteiger partial charge in [-0.3, -0.25) is 9.59 Å². The molecule has 0 aliphatic carbocycles. The Labute approximate surface area is 213 Å². The summed E-state index contributed by atoms with van der Waals surface area (Å²) in [4.78, 5) is 27.5. The van der Waals surface area contributed by atoms with Gasteiger partial charge in [0.1, 0.15) is 29.7 Å². The van der Waals surface area contributed by atoms with Crippen LogP contribution in [0.15, 0.2) is 101 Å². The summed E-state index contributed by atoms with van der Waals surface area (Å²) in [6.07, 6.45) is 1.47. The lowest BCUT2D eigenvalue weighted by atomic mass is 9.95. The quantitative estimate of drug-likeness (QED) is 0.195. The van der Waals surface area contributed by atoms with Crippen LogP contribution in [0, 0.1) is 12.7 Å². The Balaban J connectivity index is 1.47. The van der Waals surface area contributed by atoms with Crippen LogP contribution in [0.3, 0.4) is 0 Å². The Kier molecular flexibility index (Phi) is 6.60. The molecule has 1 aliphatic heterocycles. The van der Waals surface area contributed by atoms with Crippen molar-refractivity contribution >= 4 is 17.4 Å². The summed E-state index contributed by atoms with van der Waals surface area (Å²) in [5.74, 6) is -1.30. The van der Waals surface area contributed by atoms with Crippen molar-refractivity contribution in [1.82, 2.24) is 4.90 Å². The van der Waals surface area contributed by atoms with E-state index in [9.17, 15) is 19.1 Å². The van der Waals surface area contributed by atoms with Crippen molar-refractivity contribution in [2.45, 2.75) is 26.1 Å². The summed E-state index contributed by atoms with van der Waals surface area (Å²) < 4.78 is 24.9. The van der Waals surface area contributed by atoms with Gasteiger partial charge in [0.05, 0.1) is 24.4 Å². The third kappa shape index (κ3) is 4.89. The van der Waals surface area contributed by atoms with Crippen LogP contribution in [-0.2, 0) is 22.7 Å². The molecule has 6 nitrogen and oxygen atoms in total. The van der Waals surface area contributed by atoms with Crippen molar-refractivity contribution in [3.63, 3.8) is 0 Å². The lowest BCUT2D eigenvalue weighted by Crippen LogP contribution is -2.29. The molecule has 1 unspecified atom stereocenters. The summed E-state index contributed by atoms with van der Waals surface area (Å²) >= 11 is 0. The number of carbonyl (C=O) groups is 2. The maximum atomic E-state index is 13.6. The molecule has 0 saturated carbocycles. The van der Waals surface area contributed by atoms with E-state index in [4.69, 9.17) is 9.15 Å². The zero-order valence-corrected chi connectivity index (χ0v) is 20.1. The van der Waals surface area contributed by atoms with Gasteiger partial charge in [-0.1, -0.05) is 36.4 Å². The SMILES string of the molecule is Cc1ccccc1COc1ccc(/C(O)=C2\C(=O)C(=O)N(Cc3ccco3)C2c2ccc(F)cc2)cc1. The molecule has 1 atom stereocenters. The number of furan rings is 1. The number of hydrogen-bond donors (Lipinski definition) is 1. The van der Waals surface area contributed by atoms with Gasteiger partial charge in [-0.25, -0.2) is 4.39 Å². The number of rotatable bonds is 7. The van der Waals surface area contributed by atoms with Gasteiger partial charge in [0.25, 0.3) is 11.7 Å². The number of likely N-dealkylation sites (tertiary alicyclic amines) is 1. The van der Waals surface area contributed by atoms with Gasteiger partial charge < -0.3 is 19.2 Å². The lowest BCUT2D eigenvalue weighted by Gasteiger charge is -2.24. The van der Waals surface area contributed by atoms with Gasteiger partial charge in [-0.15, -0.1) is 0 Å². The van der Waals surface area contributed by atoms with Crippen LogP contribution in [0.1, 0.15) is 34.1 Å². The molecule has 1 fully saturated rings. The van der Waals surface area contributed by atoms with E-state index in [-0.39, 0.29) is 17.9 Å². The zero-order valence-electron chi connectivity index (χ0n) is 20.1. The number of aliphatic hydroxyl groups is 1. The first kappa shape index (κ1) is 24.1. The number of aliphatic hydroxyl groups excluding tert-OH is 1. The standard InChI is InChI=1S/C30H24FNO5/c1-19-5-2-3-6-22(19)18-37-24-14-10-21(11-15-24)28(33)26-27(20-8-12-23(31)13-9-20)32(30(35)29(26)34)17-25-7-4-16-36-25/h2-16,27,33H,17-18H2,1H3/b28-26+. The topological polar surface area (TPSA) is 80.0 Å². The first-order chi connectivity index (χ1) is 17.9. The molecule has 2 heterocycles. The van der Waals surface area contributed by atoms with Gasteiger partial charge in [0, 0.05) is 5.56 Å². The average Bonchev–Trinajstić information content (AvgIpc) is 3.51. The molecule has 1 amide bonds. The van der Waals surface area contributed by atoms with E-state index in [0.29, 0.717) is 29.2 Å². The lowest BCUT2D eigenvalue weighted by molar-refractivity contribution is -0.140. The fourth-order valence-electron chi connectivity index (χ4n) is 4.40. The van der Waals surface area contributed by atoms with Crippen LogP contribution >= 0.6 is 0 Å². The second kappa shape index (κ2) is 10.1. The molecule has 4 aromatic rings. The molecule has 5 rings (SSSR count). The zero-order chi connectivity index (χ0) is 25.9. The molecule has 186 valence electrons. The number of benzene rings is 3. The summed E-state index contributed by atoms with van der Waals surface area (Å²) in [6.45, 7) is 2.42. The Morgan fingerprint density at radius 1 is 0.973 bits per heavy atom. The maximum absolute atomic E-state index is 13.6. The number of ketones is 1. The summed E-state index contributed by atoms with van der Waals surface area (Å²) in [6, 6.07) is 22.5. The highest BCUT2D eigenvalue weighted by atomic mass is 19.1.